The Balaban J connectivity index is 2.06. The average Bonchev–Trinajstić information content (AvgIpc) is 2.82. The van der Waals surface area contributed by atoms with Crippen LogP contribution in [0.5, 0.6) is 0 Å². The zero-order chi connectivity index (χ0) is 25.8. The molecule has 1 saturated carbocycles. The molecule has 0 aromatic rings. The molecule has 204 valence electrons. The highest BCUT2D eigenvalue weighted by Gasteiger charge is 2.50. The molecule has 1 heterocycles. The van der Waals surface area contributed by atoms with Crippen molar-refractivity contribution < 1.29 is 39.5 Å². The Labute approximate surface area is 210 Å². The highest BCUT2D eigenvalue weighted by Crippen LogP contribution is 2.42. The summed E-state index contributed by atoms with van der Waals surface area (Å²) in [5, 5.41) is 40.3. The van der Waals surface area contributed by atoms with Crippen LogP contribution in [0.1, 0.15) is 97.3 Å². The van der Waals surface area contributed by atoms with E-state index in [0.717, 1.165) is 25.7 Å². The second-order valence-electron chi connectivity index (χ2n) is 10.6. The number of aliphatic hydroxyl groups is 3. The number of carbonyl (C=O) groups excluding carboxylic acids is 1. The summed E-state index contributed by atoms with van der Waals surface area (Å²) in [4.78, 5) is 24.0. The molecular formula is C27H48O8. The van der Waals surface area contributed by atoms with Crippen molar-refractivity contribution >= 4 is 11.8 Å². The number of aliphatic carboxylic acids is 1. The van der Waals surface area contributed by atoms with Crippen LogP contribution in [0.15, 0.2) is 0 Å². The summed E-state index contributed by atoms with van der Waals surface area (Å²) in [6.07, 6.45) is 7.56. The van der Waals surface area contributed by atoms with Gasteiger partial charge >= 0.3 is 5.97 Å². The molecule has 0 radical (unpaired) electrons. The predicted molar refractivity (Wildman–Crippen MR) is 132 cm³/mol. The maximum atomic E-state index is 13.3. The molecule has 8 unspecified atom stereocenters. The lowest BCUT2D eigenvalue weighted by atomic mass is 9.67. The van der Waals surface area contributed by atoms with Gasteiger partial charge in [-0.25, -0.2) is 4.79 Å². The summed E-state index contributed by atoms with van der Waals surface area (Å²) in [6.45, 7) is 3.59. The number of unbranched alkanes of at least 4 members (excludes halogenated alkanes) is 7. The quantitative estimate of drug-likeness (QED) is 0.237. The van der Waals surface area contributed by atoms with E-state index in [-0.39, 0.29) is 12.4 Å². The van der Waals surface area contributed by atoms with Crippen LogP contribution in [0.2, 0.25) is 0 Å². The number of ether oxygens (including phenoxy) is 2. The van der Waals surface area contributed by atoms with Gasteiger partial charge in [-0.2, -0.15) is 0 Å². The lowest BCUT2D eigenvalue weighted by Crippen LogP contribution is -2.62. The smallest absolute Gasteiger partial charge is 0.329 e. The number of aliphatic hydroxyl groups excluding tert-OH is 3. The summed E-state index contributed by atoms with van der Waals surface area (Å²) in [6, 6.07) is 0. The topological polar surface area (TPSA) is 134 Å². The molecule has 1 aliphatic carbocycles. The summed E-state index contributed by atoms with van der Waals surface area (Å²) in [5.41, 5.74) is 0. The van der Waals surface area contributed by atoms with E-state index in [1.54, 1.807) is 0 Å². The van der Waals surface area contributed by atoms with E-state index >= 15 is 0 Å². The number of Topliss-reactive ketones (excluding diaryl/α,β-unsaturated/α-hetero) is 1. The lowest BCUT2D eigenvalue weighted by Gasteiger charge is -2.46. The molecule has 2 fully saturated rings. The molecule has 0 amide bonds. The highest BCUT2D eigenvalue weighted by molar-refractivity contribution is 5.82. The molecule has 4 N–H and O–H groups in total. The summed E-state index contributed by atoms with van der Waals surface area (Å²) in [5.74, 6) is -0.954. The maximum Gasteiger partial charge on any atom is 0.329 e. The number of carboxylic acids is 1. The largest absolute Gasteiger partial charge is 0.480 e. The van der Waals surface area contributed by atoms with E-state index in [4.69, 9.17) is 14.6 Å². The van der Waals surface area contributed by atoms with Crippen molar-refractivity contribution in [2.75, 3.05) is 13.2 Å². The molecular weight excluding hydrogens is 452 g/mol. The Morgan fingerprint density at radius 1 is 0.886 bits per heavy atom. The third-order valence-corrected chi connectivity index (χ3v) is 7.86. The van der Waals surface area contributed by atoms with E-state index in [0.29, 0.717) is 24.7 Å². The monoisotopic (exact) mass is 500 g/mol. The minimum Gasteiger partial charge on any atom is -0.480 e. The Hall–Kier alpha value is -1.06. The molecule has 8 nitrogen and oxygen atoms in total. The average molecular weight is 501 g/mol. The van der Waals surface area contributed by atoms with Gasteiger partial charge in [0.1, 0.15) is 36.8 Å². The lowest BCUT2D eigenvalue weighted by molar-refractivity contribution is -0.245. The van der Waals surface area contributed by atoms with Gasteiger partial charge in [0.2, 0.25) is 0 Å². The van der Waals surface area contributed by atoms with E-state index in [1.165, 1.54) is 44.9 Å². The zero-order valence-corrected chi connectivity index (χ0v) is 21.6. The molecule has 35 heavy (non-hydrogen) atoms. The fraction of sp³-hybridized carbons (Fsp3) is 0.926. The van der Waals surface area contributed by atoms with Gasteiger partial charge in [-0.3, -0.25) is 4.79 Å². The third kappa shape index (κ3) is 9.39. The van der Waals surface area contributed by atoms with Gasteiger partial charge in [0, 0.05) is 12.3 Å². The number of hydrogen-bond acceptors (Lipinski definition) is 7. The van der Waals surface area contributed by atoms with E-state index in [9.17, 15) is 24.9 Å². The fourth-order valence-electron chi connectivity index (χ4n) is 5.79. The highest BCUT2D eigenvalue weighted by atomic mass is 16.6. The number of rotatable bonds is 16. The Kier molecular flexibility index (Phi) is 13.7. The molecule has 0 spiro atoms. The van der Waals surface area contributed by atoms with Gasteiger partial charge in [0.15, 0.2) is 0 Å². The Morgan fingerprint density at radius 3 is 2.11 bits per heavy atom. The van der Waals surface area contributed by atoms with Crippen LogP contribution in [0, 0.1) is 17.8 Å². The van der Waals surface area contributed by atoms with Crippen LogP contribution in [-0.2, 0) is 19.1 Å². The van der Waals surface area contributed by atoms with Crippen molar-refractivity contribution in [3.63, 3.8) is 0 Å². The van der Waals surface area contributed by atoms with Gasteiger partial charge in [0.25, 0.3) is 0 Å². The van der Waals surface area contributed by atoms with Crippen LogP contribution >= 0.6 is 0 Å². The molecule has 0 bridgehead atoms. The van der Waals surface area contributed by atoms with Crippen molar-refractivity contribution in [3.05, 3.63) is 0 Å². The molecule has 2 aliphatic rings. The Bertz CT molecular complexity index is 626. The van der Waals surface area contributed by atoms with Crippen LogP contribution in [0.3, 0.4) is 0 Å². The first-order valence-electron chi connectivity index (χ1n) is 13.8. The molecule has 0 aromatic heterocycles. The normalized spacial score (nSPS) is 33.7. The van der Waals surface area contributed by atoms with Crippen molar-refractivity contribution in [1.82, 2.24) is 0 Å². The molecule has 8 atom stereocenters. The predicted octanol–water partition coefficient (Wildman–Crippen LogP) is 3.48. The first-order valence-corrected chi connectivity index (χ1v) is 13.8. The van der Waals surface area contributed by atoms with E-state index in [1.807, 2.05) is 0 Å². The van der Waals surface area contributed by atoms with Crippen molar-refractivity contribution in [3.8, 4) is 0 Å². The molecule has 1 aliphatic heterocycles. The van der Waals surface area contributed by atoms with Crippen molar-refractivity contribution in [1.29, 1.82) is 0 Å². The van der Waals surface area contributed by atoms with Gasteiger partial charge in [0.05, 0.1) is 12.7 Å². The van der Waals surface area contributed by atoms with E-state index in [2.05, 4.69) is 13.8 Å². The second-order valence-corrected chi connectivity index (χ2v) is 10.6. The molecule has 2 rings (SSSR count). The fourth-order valence-corrected chi connectivity index (χ4v) is 5.79. The van der Waals surface area contributed by atoms with Gasteiger partial charge < -0.3 is 29.9 Å². The third-order valence-electron chi connectivity index (χ3n) is 7.86. The summed E-state index contributed by atoms with van der Waals surface area (Å²) < 4.78 is 11.0. The molecule has 8 heteroatoms. The minimum atomic E-state index is -1.49. The number of ketones is 1. The second kappa shape index (κ2) is 15.9. The minimum absolute atomic E-state index is 0.0474. The van der Waals surface area contributed by atoms with Gasteiger partial charge in [-0.1, -0.05) is 78.1 Å². The van der Waals surface area contributed by atoms with Crippen molar-refractivity contribution in [2.45, 2.75) is 128 Å². The van der Waals surface area contributed by atoms with E-state index < -0.39 is 49.0 Å². The van der Waals surface area contributed by atoms with Gasteiger partial charge in [-0.05, 0) is 24.7 Å². The van der Waals surface area contributed by atoms with Gasteiger partial charge in [-0.15, -0.1) is 0 Å². The number of hydrogen-bond donors (Lipinski definition) is 4. The summed E-state index contributed by atoms with van der Waals surface area (Å²) in [7, 11) is 0. The SMILES string of the molecule is CCCCCCCC1CC(=O)C(C2OC(COCC(=O)O)C(O)C(O)C2O)CC1CCCCCC. The summed E-state index contributed by atoms with van der Waals surface area (Å²) >= 11 is 0. The first kappa shape index (κ1) is 30.2. The van der Waals surface area contributed by atoms with Crippen LogP contribution in [0.25, 0.3) is 0 Å². The van der Waals surface area contributed by atoms with Crippen LogP contribution < -0.4 is 0 Å². The first-order chi connectivity index (χ1) is 16.8. The standard InChI is InChI=1S/C27H48O8/c1-3-5-7-9-11-13-19-15-21(28)20(14-18(19)12-10-8-6-4-2)27-26(33)25(32)24(31)22(35-27)16-34-17-23(29)30/h18-20,22,24-27,31-33H,3-17H2,1-2H3,(H,29,30). The molecule has 0 aromatic carbocycles. The number of carboxylic acid groups (broad SMARTS) is 1. The van der Waals surface area contributed by atoms with Crippen LogP contribution in [-0.4, -0.2) is 75.9 Å². The Morgan fingerprint density at radius 2 is 1.49 bits per heavy atom. The van der Waals surface area contributed by atoms with Crippen molar-refractivity contribution in [2.24, 2.45) is 17.8 Å². The van der Waals surface area contributed by atoms with Crippen LogP contribution in [0.4, 0.5) is 0 Å². The number of carbonyl (C=O) groups is 2. The zero-order valence-electron chi connectivity index (χ0n) is 21.6. The molecule has 1 saturated heterocycles. The maximum absolute atomic E-state index is 13.3.